The summed E-state index contributed by atoms with van der Waals surface area (Å²) in [6.07, 6.45) is 9.29. The van der Waals surface area contributed by atoms with Crippen LogP contribution in [0.2, 0.25) is 0 Å². The number of anilines is 1. The minimum Gasteiger partial charge on any atom is -0.361 e. The minimum absolute atomic E-state index is 0.00372. The van der Waals surface area contributed by atoms with Crippen molar-refractivity contribution in [2.75, 3.05) is 5.32 Å². The fraction of sp³-hybridized carbons (Fsp3) is 0.667. The predicted octanol–water partition coefficient (Wildman–Crippen LogP) is 4.06. The van der Waals surface area contributed by atoms with Gasteiger partial charge in [0, 0.05) is 23.9 Å². The Morgan fingerprint density at radius 3 is 2.55 bits per heavy atom. The van der Waals surface area contributed by atoms with Crippen LogP contribution in [0, 0.1) is 38.0 Å². The molecule has 0 aliphatic heterocycles. The first-order valence-electron chi connectivity index (χ1n) is 12.0. The van der Waals surface area contributed by atoms with Crippen molar-refractivity contribution in [1.82, 2.24) is 25.8 Å². The minimum atomic E-state index is -0.00372. The third-order valence-electron chi connectivity index (χ3n) is 8.25. The zero-order chi connectivity index (χ0) is 23.4. The van der Waals surface area contributed by atoms with Gasteiger partial charge in [0.2, 0.25) is 5.91 Å². The van der Waals surface area contributed by atoms with Crippen LogP contribution in [0.3, 0.4) is 0 Å². The molecule has 0 saturated heterocycles. The Balaban J connectivity index is 1.24. The van der Waals surface area contributed by atoms with Crippen molar-refractivity contribution >= 4 is 28.9 Å². The molecule has 4 atom stereocenters. The summed E-state index contributed by atoms with van der Waals surface area (Å²) >= 11 is 5.38. The Morgan fingerprint density at radius 2 is 1.94 bits per heavy atom. The molecule has 4 aliphatic carbocycles. The van der Waals surface area contributed by atoms with Crippen LogP contribution in [0.4, 0.5) is 5.69 Å². The van der Waals surface area contributed by atoms with E-state index in [0.717, 1.165) is 48.6 Å². The lowest BCUT2D eigenvalue weighted by atomic mass is 9.42. The van der Waals surface area contributed by atoms with E-state index in [9.17, 15) is 4.79 Å². The van der Waals surface area contributed by atoms with Crippen molar-refractivity contribution in [3.63, 3.8) is 0 Å². The molecule has 2 heterocycles. The van der Waals surface area contributed by atoms with Gasteiger partial charge in [-0.15, -0.1) is 0 Å². The van der Waals surface area contributed by atoms with Gasteiger partial charge in [-0.1, -0.05) is 5.16 Å². The molecule has 33 heavy (non-hydrogen) atoms. The Hall–Kier alpha value is -2.42. The maximum Gasteiger partial charge on any atom is 0.238 e. The summed E-state index contributed by atoms with van der Waals surface area (Å²) < 4.78 is 7.46. The first-order valence-corrected chi connectivity index (χ1v) is 12.4. The molecule has 1 amide bonds. The summed E-state index contributed by atoms with van der Waals surface area (Å²) in [6, 6.07) is 0. The van der Waals surface area contributed by atoms with E-state index in [2.05, 4.69) is 33.3 Å². The summed E-state index contributed by atoms with van der Waals surface area (Å²) in [5.74, 6) is 2.31. The smallest absolute Gasteiger partial charge is 0.238 e. The maximum absolute atomic E-state index is 13.0. The number of hydrogen-bond donors (Lipinski definition) is 3. The van der Waals surface area contributed by atoms with Gasteiger partial charge in [0.1, 0.15) is 5.76 Å². The number of hydrogen-bond acceptors (Lipinski definition) is 5. The van der Waals surface area contributed by atoms with Crippen LogP contribution in [0.5, 0.6) is 0 Å². The van der Waals surface area contributed by atoms with Crippen LogP contribution in [0.1, 0.15) is 74.6 Å². The second-order valence-electron chi connectivity index (χ2n) is 10.7. The van der Waals surface area contributed by atoms with Crippen molar-refractivity contribution in [3.05, 3.63) is 28.9 Å². The van der Waals surface area contributed by atoms with Gasteiger partial charge in [0.25, 0.3) is 0 Å². The normalized spacial score (nSPS) is 29.8. The van der Waals surface area contributed by atoms with Crippen molar-refractivity contribution < 1.29 is 9.32 Å². The van der Waals surface area contributed by atoms with E-state index in [1.807, 2.05) is 25.5 Å². The van der Waals surface area contributed by atoms with Crippen molar-refractivity contribution in [2.24, 2.45) is 17.3 Å². The number of thiocarbonyl (C=S) groups is 1. The largest absolute Gasteiger partial charge is 0.361 e. The second-order valence-corrected chi connectivity index (χ2v) is 11.1. The first-order chi connectivity index (χ1) is 15.7. The summed E-state index contributed by atoms with van der Waals surface area (Å²) in [4.78, 5) is 13.0. The molecule has 4 bridgehead atoms. The van der Waals surface area contributed by atoms with E-state index in [1.54, 1.807) is 6.20 Å². The van der Waals surface area contributed by atoms with Crippen molar-refractivity contribution in [3.8, 4) is 0 Å². The van der Waals surface area contributed by atoms with E-state index in [-0.39, 0.29) is 16.7 Å². The Labute approximate surface area is 200 Å². The molecule has 0 radical (unpaired) electrons. The zero-order valence-corrected chi connectivity index (χ0v) is 20.8. The van der Waals surface area contributed by atoms with Crippen LogP contribution in [-0.2, 0) is 16.8 Å². The highest BCUT2D eigenvalue weighted by Crippen LogP contribution is 2.67. The third-order valence-corrected chi connectivity index (χ3v) is 8.45. The van der Waals surface area contributed by atoms with E-state index >= 15 is 0 Å². The Bertz CT molecular complexity index is 1060. The summed E-state index contributed by atoms with van der Waals surface area (Å²) in [5, 5.41) is 12.1. The average Bonchev–Trinajstić information content (AvgIpc) is 3.26. The number of carbonyl (C=O) groups excluding carboxylic acids is 1. The van der Waals surface area contributed by atoms with Gasteiger partial charge >= 0.3 is 0 Å². The molecule has 4 saturated carbocycles. The number of rotatable bonds is 5. The quantitative estimate of drug-likeness (QED) is 0.448. The summed E-state index contributed by atoms with van der Waals surface area (Å²) in [5.41, 5.74) is 10.1. The number of hydrazine groups is 1. The molecule has 0 aromatic carbocycles. The van der Waals surface area contributed by atoms with E-state index < -0.39 is 0 Å². The number of nitrogens with zero attached hydrogens (tertiary/aromatic N) is 3. The topological polar surface area (TPSA) is 97.0 Å². The lowest BCUT2D eigenvalue weighted by Crippen LogP contribution is -2.56. The highest BCUT2D eigenvalue weighted by atomic mass is 32.1. The van der Waals surface area contributed by atoms with Crippen LogP contribution >= 0.6 is 12.2 Å². The van der Waals surface area contributed by atoms with Crippen molar-refractivity contribution in [1.29, 1.82) is 0 Å². The maximum atomic E-state index is 13.0. The van der Waals surface area contributed by atoms with Gasteiger partial charge in [-0.05, 0) is 95.7 Å². The van der Waals surface area contributed by atoms with Gasteiger partial charge in [-0.25, -0.2) is 0 Å². The first kappa shape index (κ1) is 22.4. The monoisotopic (exact) mass is 470 g/mol. The third kappa shape index (κ3) is 3.94. The Kier molecular flexibility index (Phi) is 5.50. The van der Waals surface area contributed by atoms with Gasteiger partial charge in [0.05, 0.1) is 23.3 Å². The molecular formula is C24H34N6O2S. The van der Waals surface area contributed by atoms with Crippen LogP contribution < -0.4 is 16.2 Å². The summed E-state index contributed by atoms with van der Waals surface area (Å²) in [7, 11) is 0. The molecule has 3 N–H and O–H groups in total. The van der Waals surface area contributed by atoms with E-state index in [0.29, 0.717) is 23.4 Å². The molecule has 0 spiro atoms. The van der Waals surface area contributed by atoms with Gasteiger partial charge in [-0.3, -0.25) is 20.3 Å². The predicted molar refractivity (Wildman–Crippen MR) is 130 cm³/mol. The molecule has 4 aliphatic rings. The van der Waals surface area contributed by atoms with Gasteiger partial charge in [0.15, 0.2) is 5.11 Å². The molecule has 4 fully saturated rings. The van der Waals surface area contributed by atoms with E-state index in [1.165, 1.54) is 24.8 Å². The fourth-order valence-electron chi connectivity index (χ4n) is 7.74. The lowest BCUT2D eigenvalue weighted by Gasteiger charge is -2.62. The number of aryl methyl sites for hydroxylation is 3. The number of carbonyl (C=O) groups is 1. The molecule has 6 rings (SSSR count). The lowest BCUT2D eigenvalue weighted by molar-refractivity contribution is -0.131. The highest BCUT2D eigenvalue weighted by molar-refractivity contribution is 7.80. The van der Waals surface area contributed by atoms with Crippen LogP contribution in [0.25, 0.3) is 0 Å². The fourth-order valence-corrected chi connectivity index (χ4v) is 7.91. The van der Waals surface area contributed by atoms with Gasteiger partial charge in [-0.2, -0.15) is 5.10 Å². The number of nitrogens with one attached hydrogen (secondary N) is 3. The average molecular weight is 471 g/mol. The number of aromatic nitrogens is 3. The Morgan fingerprint density at radius 1 is 1.21 bits per heavy atom. The molecule has 8 nitrogen and oxygen atoms in total. The molecule has 9 heteroatoms. The van der Waals surface area contributed by atoms with Gasteiger partial charge < -0.3 is 9.84 Å². The SMILES string of the molecule is CCn1ncc(NC(=S)NNC(=O)CC23C[C@H]4C[C@@H](C2)CC(c2c(C)noc2C)(C4)C3)c1C. The summed E-state index contributed by atoms with van der Waals surface area (Å²) in [6.45, 7) is 8.93. The highest BCUT2D eigenvalue weighted by Gasteiger charge is 2.59. The van der Waals surface area contributed by atoms with Crippen molar-refractivity contribution in [2.45, 2.75) is 84.6 Å². The zero-order valence-electron chi connectivity index (χ0n) is 20.0. The number of amides is 1. The second kappa shape index (κ2) is 8.11. The molecule has 2 unspecified atom stereocenters. The standard InChI is InChI=1S/C24H34N6O2S/c1-5-30-15(3)19(12-25-30)26-22(33)28-27-20(31)11-23-7-17-6-18(8-23)10-24(9-17,13-23)21-14(2)29-32-16(21)4/h12,17-18H,5-11,13H2,1-4H3,(H,27,31)(H2,26,28,33)/t17-,18+,23?,24?. The van der Waals surface area contributed by atoms with E-state index in [4.69, 9.17) is 16.7 Å². The molecular weight excluding hydrogens is 436 g/mol. The molecule has 2 aromatic heterocycles. The molecule has 2 aromatic rings. The molecule has 178 valence electrons. The van der Waals surface area contributed by atoms with Crippen LogP contribution in [-0.4, -0.2) is 26.0 Å². The van der Waals surface area contributed by atoms with Crippen LogP contribution in [0.15, 0.2) is 10.7 Å².